The number of likely N-dealkylation sites (tertiary alicyclic amines) is 1. The summed E-state index contributed by atoms with van der Waals surface area (Å²) in [6.07, 6.45) is 6.56. The van der Waals surface area contributed by atoms with Crippen molar-refractivity contribution in [3.8, 4) is 0 Å². The Balaban J connectivity index is 2.14. The molecule has 2 rings (SSSR count). The van der Waals surface area contributed by atoms with E-state index in [0.717, 1.165) is 19.4 Å². The SMILES string of the molecule is NCC1CCCCN1C(=O)c1ccncc1. The van der Waals surface area contributed by atoms with Crippen LogP contribution in [0.4, 0.5) is 0 Å². The summed E-state index contributed by atoms with van der Waals surface area (Å²) in [4.78, 5) is 18.0. The third-order valence-corrected chi connectivity index (χ3v) is 3.09. The van der Waals surface area contributed by atoms with Crippen LogP contribution in [0.1, 0.15) is 29.6 Å². The summed E-state index contributed by atoms with van der Waals surface area (Å²) in [5.74, 6) is 0.0811. The van der Waals surface area contributed by atoms with E-state index in [1.165, 1.54) is 6.42 Å². The van der Waals surface area contributed by atoms with Gasteiger partial charge in [0.2, 0.25) is 0 Å². The maximum atomic E-state index is 12.2. The first kappa shape index (κ1) is 11.1. The van der Waals surface area contributed by atoms with Crippen LogP contribution in [0.15, 0.2) is 24.5 Å². The number of carbonyl (C=O) groups is 1. The van der Waals surface area contributed by atoms with Crippen molar-refractivity contribution in [1.29, 1.82) is 0 Å². The van der Waals surface area contributed by atoms with Crippen LogP contribution in [0, 0.1) is 0 Å². The van der Waals surface area contributed by atoms with Gasteiger partial charge in [-0.05, 0) is 31.4 Å². The van der Waals surface area contributed by atoms with E-state index in [1.807, 2.05) is 4.90 Å². The first-order valence-corrected chi connectivity index (χ1v) is 5.74. The van der Waals surface area contributed by atoms with Gasteiger partial charge in [-0.3, -0.25) is 9.78 Å². The second-order valence-electron chi connectivity index (χ2n) is 4.12. The van der Waals surface area contributed by atoms with Crippen LogP contribution in [0.25, 0.3) is 0 Å². The predicted octanol–water partition coefficient (Wildman–Crippen LogP) is 1.03. The fourth-order valence-electron chi connectivity index (χ4n) is 2.17. The molecule has 0 aliphatic carbocycles. The standard InChI is InChI=1S/C12H17N3O/c13-9-11-3-1-2-8-15(11)12(16)10-4-6-14-7-5-10/h4-7,11H,1-3,8-9,13H2. The molecule has 4 nitrogen and oxygen atoms in total. The molecule has 2 heterocycles. The highest BCUT2D eigenvalue weighted by Gasteiger charge is 2.26. The molecule has 1 aromatic heterocycles. The molecule has 86 valence electrons. The van der Waals surface area contributed by atoms with Crippen LogP contribution in [-0.2, 0) is 0 Å². The quantitative estimate of drug-likeness (QED) is 0.808. The van der Waals surface area contributed by atoms with Crippen molar-refractivity contribution < 1.29 is 4.79 Å². The van der Waals surface area contributed by atoms with Crippen molar-refractivity contribution in [2.24, 2.45) is 5.73 Å². The summed E-state index contributed by atoms with van der Waals surface area (Å²) in [6, 6.07) is 3.71. The van der Waals surface area contributed by atoms with Crippen molar-refractivity contribution in [2.45, 2.75) is 25.3 Å². The summed E-state index contributed by atoms with van der Waals surface area (Å²) >= 11 is 0. The Morgan fingerprint density at radius 2 is 2.19 bits per heavy atom. The lowest BCUT2D eigenvalue weighted by molar-refractivity contribution is 0.0623. The highest BCUT2D eigenvalue weighted by molar-refractivity contribution is 5.94. The Labute approximate surface area is 95.5 Å². The summed E-state index contributed by atoms with van der Waals surface area (Å²) < 4.78 is 0. The van der Waals surface area contributed by atoms with Gasteiger partial charge in [0.15, 0.2) is 0 Å². The van der Waals surface area contributed by atoms with E-state index in [1.54, 1.807) is 24.5 Å². The zero-order valence-corrected chi connectivity index (χ0v) is 9.30. The van der Waals surface area contributed by atoms with Gasteiger partial charge in [-0.15, -0.1) is 0 Å². The molecule has 1 saturated heterocycles. The number of pyridine rings is 1. The molecule has 2 N–H and O–H groups in total. The molecule has 1 unspecified atom stereocenters. The molecule has 16 heavy (non-hydrogen) atoms. The number of aromatic nitrogens is 1. The van der Waals surface area contributed by atoms with Crippen molar-refractivity contribution in [3.63, 3.8) is 0 Å². The smallest absolute Gasteiger partial charge is 0.254 e. The van der Waals surface area contributed by atoms with Crippen molar-refractivity contribution in [1.82, 2.24) is 9.88 Å². The van der Waals surface area contributed by atoms with Gasteiger partial charge in [-0.2, -0.15) is 0 Å². The third-order valence-electron chi connectivity index (χ3n) is 3.09. The molecule has 1 aromatic rings. The first-order chi connectivity index (χ1) is 7.83. The van der Waals surface area contributed by atoms with Gasteiger partial charge in [-0.25, -0.2) is 0 Å². The van der Waals surface area contributed by atoms with Gasteiger partial charge < -0.3 is 10.6 Å². The van der Waals surface area contributed by atoms with Crippen LogP contribution in [0.5, 0.6) is 0 Å². The molecule has 1 fully saturated rings. The topological polar surface area (TPSA) is 59.2 Å². The molecule has 0 saturated carbocycles. The number of hydrogen-bond acceptors (Lipinski definition) is 3. The molecule has 0 spiro atoms. The van der Waals surface area contributed by atoms with E-state index in [0.29, 0.717) is 12.1 Å². The first-order valence-electron chi connectivity index (χ1n) is 5.74. The van der Waals surface area contributed by atoms with Crippen molar-refractivity contribution >= 4 is 5.91 Å². The van der Waals surface area contributed by atoms with Crippen molar-refractivity contribution in [3.05, 3.63) is 30.1 Å². The number of carbonyl (C=O) groups excluding carboxylic acids is 1. The maximum absolute atomic E-state index is 12.2. The van der Waals surface area contributed by atoms with Gasteiger partial charge in [0, 0.05) is 37.1 Å². The van der Waals surface area contributed by atoms with Crippen LogP contribution in [0.3, 0.4) is 0 Å². The summed E-state index contributed by atoms with van der Waals surface area (Å²) in [5.41, 5.74) is 6.41. The van der Waals surface area contributed by atoms with Crippen LogP contribution < -0.4 is 5.73 Å². The van der Waals surface area contributed by atoms with E-state index in [4.69, 9.17) is 5.73 Å². The van der Waals surface area contributed by atoms with Crippen LogP contribution in [0.2, 0.25) is 0 Å². The van der Waals surface area contributed by atoms with E-state index in [9.17, 15) is 4.79 Å². The monoisotopic (exact) mass is 219 g/mol. The Kier molecular flexibility index (Phi) is 3.51. The average molecular weight is 219 g/mol. The molecule has 1 amide bonds. The zero-order chi connectivity index (χ0) is 11.4. The summed E-state index contributed by atoms with van der Waals surface area (Å²) in [7, 11) is 0. The second kappa shape index (κ2) is 5.07. The van der Waals surface area contributed by atoms with E-state index in [-0.39, 0.29) is 11.9 Å². The zero-order valence-electron chi connectivity index (χ0n) is 9.30. The minimum atomic E-state index is 0.0811. The Hall–Kier alpha value is -1.42. The molecular weight excluding hydrogens is 202 g/mol. The van der Waals surface area contributed by atoms with E-state index < -0.39 is 0 Å². The number of nitrogens with zero attached hydrogens (tertiary/aromatic N) is 2. The Morgan fingerprint density at radius 3 is 2.88 bits per heavy atom. The van der Waals surface area contributed by atoms with Gasteiger partial charge in [-0.1, -0.05) is 0 Å². The minimum absolute atomic E-state index is 0.0811. The third kappa shape index (κ3) is 2.22. The molecule has 1 atom stereocenters. The fraction of sp³-hybridized carbons (Fsp3) is 0.500. The summed E-state index contributed by atoms with van der Waals surface area (Å²) in [6.45, 7) is 1.37. The Bertz CT molecular complexity index is 353. The number of nitrogens with two attached hydrogens (primary N) is 1. The number of hydrogen-bond donors (Lipinski definition) is 1. The number of amides is 1. The van der Waals surface area contributed by atoms with Gasteiger partial charge in [0.1, 0.15) is 0 Å². The molecule has 1 aliphatic rings. The lowest BCUT2D eigenvalue weighted by Gasteiger charge is -2.35. The molecule has 0 radical (unpaired) electrons. The van der Waals surface area contributed by atoms with Gasteiger partial charge in [0.25, 0.3) is 5.91 Å². The van der Waals surface area contributed by atoms with Crippen molar-refractivity contribution in [2.75, 3.05) is 13.1 Å². The largest absolute Gasteiger partial charge is 0.334 e. The molecule has 0 bridgehead atoms. The molecule has 0 aromatic carbocycles. The van der Waals surface area contributed by atoms with E-state index in [2.05, 4.69) is 4.98 Å². The lowest BCUT2D eigenvalue weighted by Crippen LogP contribution is -2.47. The average Bonchev–Trinajstić information content (AvgIpc) is 2.39. The molecular formula is C12H17N3O. The van der Waals surface area contributed by atoms with Gasteiger partial charge in [0.05, 0.1) is 0 Å². The fourth-order valence-corrected chi connectivity index (χ4v) is 2.17. The molecule has 1 aliphatic heterocycles. The predicted molar refractivity (Wildman–Crippen MR) is 62.0 cm³/mol. The number of rotatable bonds is 2. The highest BCUT2D eigenvalue weighted by Crippen LogP contribution is 2.18. The minimum Gasteiger partial charge on any atom is -0.334 e. The highest BCUT2D eigenvalue weighted by atomic mass is 16.2. The maximum Gasteiger partial charge on any atom is 0.254 e. The summed E-state index contributed by atoms with van der Waals surface area (Å²) in [5, 5.41) is 0. The Morgan fingerprint density at radius 1 is 1.44 bits per heavy atom. The number of piperidine rings is 1. The normalized spacial score (nSPS) is 20.8. The second-order valence-corrected chi connectivity index (χ2v) is 4.12. The van der Waals surface area contributed by atoms with Crippen LogP contribution >= 0.6 is 0 Å². The van der Waals surface area contributed by atoms with Gasteiger partial charge >= 0.3 is 0 Å². The van der Waals surface area contributed by atoms with Crippen LogP contribution in [-0.4, -0.2) is 34.9 Å². The molecule has 4 heteroatoms. The lowest BCUT2D eigenvalue weighted by atomic mass is 10.0. The van der Waals surface area contributed by atoms with E-state index >= 15 is 0 Å².